The van der Waals surface area contributed by atoms with Gasteiger partial charge in [0.15, 0.2) is 4.96 Å². The summed E-state index contributed by atoms with van der Waals surface area (Å²) < 4.78 is 1.58. The van der Waals surface area contributed by atoms with E-state index in [4.69, 9.17) is 10.8 Å². The second-order valence-electron chi connectivity index (χ2n) is 4.37. The first-order valence-electron chi connectivity index (χ1n) is 6.02. The fourth-order valence-corrected chi connectivity index (χ4v) is 3.50. The van der Waals surface area contributed by atoms with Crippen LogP contribution in [0.2, 0.25) is 0 Å². The molecule has 2 aromatic rings. The van der Waals surface area contributed by atoms with E-state index < -0.39 is 12.0 Å². The van der Waals surface area contributed by atoms with Crippen LogP contribution in [0, 0.1) is 6.92 Å². The lowest BCUT2D eigenvalue weighted by atomic mass is 10.2. The molecule has 0 fully saturated rings. The van der Waals surface area contributed by atoms with Crippen LogP contribution in [0.15, 0.2) is 16.2 Å². The number of aryl methyl sites for hydroxylation is 1. The highest BCUT2D eigenvalue weighted by Crippen LogP contribution is 2.15. The number of hydrogen-bond donors (Lipinski definition) is 2. The lowest BCUT2D eigenvalue weighted by molar-refractivity contribution is -0.138. The Hall–Kier alpha value is -1.38. The van der Waals surface area contributed by atoms with E-state index in [9.17, 15) is 9.59 Å². The maximum Gasteiger partial charge on any atom is 0.320 e. The Kier molecular flexibility index (Phi) is 4.79. The number of thiazole rings is 1. The van der Waals surface area contributed by atoms with E-state index in [2.05, 4.69) is 4.98 Å². The van der Waals surface area contributed by atoms with E-state index in [0.717, 1.165) is 5.69 Å². The third kappa shape index (κ3) is 3.38. The minimum atomic E-state index is -0.988. The number of nitrogens with zero attached hydrogens (tertiary/aromatic N) is 2. The van der Waals surface area contributed by atoms with Gasteiger partial charge in [-0.2, -0.15) is 11.8 Å². The van der Waals surface area contributed by atoms with E-state index >= 15 is 0 Å². The van der Waals surface area contributed by atoms with Crippen LogP contribution in [0.5, 0.6) is 0 Å². The van der Waals surface area contributed by atoms with E-state index in [-0.39, 0.29) is 5.56 Å². The van der Waals surface area contributed by atoms with Crippen molar-refractivity contribution in [1.82, 2.24) is 9.38 Å². The molecule has 20 heavy (non-hydrogen) atoms. The van der Waals surface area contributed by atoms with Gasteiger partial charge >= 0.3 is 5.97 Å². The lowest BCUT2D eigenvalue weighted by Gasteiger charge is -2.05. The molecule has 0 aliphatic heterocycles. The normalized spacial score (nSPS) is 12.7. The molecule has 108 valence electrons. The van der Waals surface area contributed by atoms with Gasteiger partial charge in [-0.3, -0.25) is 14.0 Å². The van der Waals surface area contributed by atoms with Crippen molar-refractivity contribution in [1.29, 1.82) is 0 Å². The zero-order valence-corrected chi connectivity index (χ0v) is 12.5. The summed E-state index contributed by atoms with van der Waals surface area (Å²) in [5, 5.41) is 10.6. The number of fused-ring (bicyclic) bond motifs is 1. The number of carboxylic acid groups (broad SMARTS) is 1. The molecule has 2 aromatic heterocycles. The zero-order valence-electron chi connectivity index (χ0n) is 10.9. The molecule has 0 radical (unpaired) electrons. The SMILES string of the molecule is Cc1csc2nc(CSCCC(N)C(=O)O)cc(=O)n12. The van der Waals surface area contributed by atoms with Gasteiger partial charge in [-0.1, -0.05) is 0 Å². The monoisotopic (exact) mass is 313 g/mol. The summed E-state index contributed by atoms with van der Waals surface area (Å²) >= 11 is 2.96. The van der Waals surface area contributed by atoms with Crippen LogP contribution in [0.4, 0.5) is 0 Å². The van der Waals surface area contributed by atoms with Crippen LogP contribution in [-0.2, 0) is 10.5 Å². The lowest BCUT2D eigenvalue weighted by Crippen LogP contribution is -2.30. The van der Waals surface area contributed by atoms with Crippen LogP contribution in [0.1, 0.15) is 17.8 Å². The number of carbonyl (C=O) groups is 1. The second kappa shape index (κ2) is 6.38. The summed E-state index contributed by atoms with van der Waals surface area (Å²) in [5.41, 5.74) is 6.94. The Morgan fingerprint density at radius 2 is 2.40 bits per heavy atom. The third-order valence-corrected chi connectivity index (χ3v) is 4.74. The minimum Gasteiger partial charge on any atom is -0.480 e. The molecule has 1 unspecified atom stereocenters. The van der Waals surface area contributed by atoms with Crippen molar-refractivity contribution in [3.63, 3.8) is 0 Å². The molecule has 0 saturated carbocycles. The van der Waals surface area contributed by atoms with Gasteiger partial charge < -0.3 is 10.8 Å². The molecule has 8 heteroatoms. The van der Waals surface area contributed by atoms with Crippen molar-refractivity contribution in [3.05, 3.63) is 33.2 Å². The van der Waals surface area contributed by atoms with Gasteiger partial charge in [0.1, 0.15) is 6.04 Å². The van der Waals surface area contributed by atoms with Crippen LogP contribution in [0.3, 0.4) is 0 Å². The molecule has 0 aliphatic carbocycles. The number of carboxylic acids is 1. The number of aliphatic carboxylic acids is 1. The van der Waals surface area contributed by atoms with E-state index in [1.807, 2.05) is 12.3 Å². The molecule has 3 N–H and O–H groups in total. The Balaban J connectivity index is 1.97. The molecule has 6 nitrogen and oxygen atoms in total. The van der Waals surface area contributed by atoms with Gasteiger partial charge in [0.2, 0.25) is 0 Å². The highest BCUT2D eigenvalue weighted by Gasteiger charge is 2.11. The Morgan fingerprint density at radius 3 is 3.10 bits per heavy atom. The summed E-state index contributed by atoms with van der Waals surface area (Å²) in [6.45, 7) is 1.87. The highest BCUT2D eigenvalue weighted by molar-refractivity contribution is 7.98. The largest absolute Gasteiger partial charge is 0.480 e. The Morgan fingerprint density at radius 1 is 1.65 bits per heavy atom. The smallest absolute Gasteiger partial charge is 0.320 e. The Labute approximate surface area is 123 Å². The molecule has 0 aromatic carbocycles. The maximum absolute atomic E-state index is 11.9. The van der Waals surface area contributed by atoms with Crippen molar-refractivity contribution in [3.8, 4) is 0 Å². The first kappa shape index (κ1) is 15.0. The fraction of sp³-hybridized carbons (Fsp3) is 0.417. The quantitative estimate of drug-likeness (QED) is 0.775. The third-order valence-electron chi connectivity index (χ3n) is 2.77. The van der Waals surface area contributed by atoms with Crippen LogP contribution in [0.25, 0.3) is 4.96 Å². The van der Waals surface area contributed by atoms with Gasteiger partial charge in [-0.15, -0.1) is 11.3 Å². The molecule has 0 aliphatic rings. The maximum atomic E-state index is 11.9. The number of aromatic nitrogens is 2. The average Bonchev–Trinajstić information content (AvgIpc) is 2.76. The first-order chi connectivity index (χ1) is 9.49. The van der Waals surface area contributed by atoms with Crippen molar-refractivity contribution in [2.75, 3.05) is 5.75 Å². The minimum absolute atomic E-state index is 0.0772. The fourth-order valence-electron chi connectivity index (χ4n) is 1.69. The van der Waals surface area contributed by atoms with Crippen LogP contribution in [-0.4, -0.2) is 32.3 Å². The van der Waals surface area contributed by atoms with Gasteiger partial charge in [-0.25, -0.2) is 4.98 Å². The van der Waals surface area contributed by atoms with E-state index in [1.165, 1.54) is 29.2 Å². The molecular weight excluding hydrogens is 298 g/mol. The van der Waals surface area contributed by atoms with Gasteiger partial charge in [0.05, 0.1) is 5.69 Å². The van der Waals surface area contributed by atoms with Crippen molar-refractivity contribution in [2.45, 2.75) is 25.1 Å². The highest BCUT2D eigenvalue weighted by atomic mass is 32.2. The summed E-state index contributed by atoms with van der Waals surface area (Å²) in [6.07, 6.45) is 0.402. The first-order valence-corrected chi connectivity index (χ1v) is 8.05. The average molecular weight is 313 g/mol. The Bertz CT molecular complexity index is 680. The molecule has 0 spiro atoms. The molecule has 2 rings (SSSR count). The molecular formula is C12H15N3O3S2. The van der Waals surface area contributed by atoms with Crippen LogP contribution < -0.4 is 11.3 Å². The summed E-state index contributed by atoms with van der Waals surface area (Å²) in [7, 11) is 0. The predicted molar refractivity (Wildman–Crippen MR) is 80.5 cm³/mol. The number of hydrogen-bond acceptors (Lipinski definition) is 6. The van der Waals surface area contributed by atoms with Crippen molar-refractivity contribution < 1.29 is 9.90 Å². The summed E-state index contributed by atoms with van der Waals surface area (Å²) in [4.78, 5) is 27.6. The molecule has 0 saturated heterocycles. The number of rotatable bonds is 6. The summed E-state index contributed by atoms with van der Waals surface area (Å²) in [6, 6.07) is 0.695. The van der Waals surface area contributed by atoms with E-state index in [0.29, 0.717) is 28.6 Å². The van der Waals surface area contributed by atoms with Crippen LogP contribution >= 0.6 is 23.1 Å². The number of nitrogens with two attached hydrogens (primary N) is 1. The molecule has 1 atom stereocenters. The molecule has 2 heterocycles. The van der Waals surface area contributed by atoms with Gasteiger partial charge in [0, 0.05) is 22.9 Å². The topological polar surface area (TPSA) is 97.7 Å². The summed E-state index contributed by atoms with van der Waals surface area (Å²) in [5.74, 6) is 0.213. The zero-order chi connectivity index (χ0) is 14.7. The standard InChI is InChI=1S/C12H15N3O3S2/c1-7-5-20-12-14-8(4-10(16)15(7)12)6-19-3-2-9(13)11(17)18/h4-5,9H,2-3,6,13H2,1H3,(H,17,18). The van der Waals surface area contributed by atoms with Gasteiger partial charge in [0.25, 0.3) is 5.56 Å². The molecule has 0 bridgehead atoms. The number of thioether (sulfide) groups is 1. The van der Waals surface area contributed by atoms with Crippen molar-refractivity contribution in [2.24, 2.45) is 5.73 Å². The van der Waals surface area contributed by atoms with Crippen molar-refractivity contribution >= 4 is 34.0 Å². The van der Waals surface area contributed by atoms with Gasteiger partial charge in [-0.05, 0) is 19.1 Å². The predicted octanol–water partition coefficient (Wildman–Crippen LogP) is 1.10. The molecule has 0 amide bonds. The second-order valence-corrected chi connectivity index (χ2v) is 6.31. The van der Waals surface area contributed by atoms with E-state index in [1.54, 1.807) is 4.40 Å².